The summed E-state index contributed by atoms with van der Waals surface area (Å²) in [5.41, 5.74) is 1.65. The van der Waals surface area contributed by atoms with Crippen LogP contribution in [0, 0.1) is 11.3 Å². The summed E-state index contributed by atoms with van der Waals surface area (Å²) >= 11 is 0. The minimum atomic E-state index is 0.579. The van der Waals surface area contributed by atoms with Crippen LogP contribution in [0.4, 0.5) is 0 Å². The fourth-order valence-corrected chi connectivity index (χ4v) is 3.89. The van der Waals surface area contributed by atoms with Gasteiger partial charge in [-0.2, -0.15) is 5.26 Å². The van der Waals surface area contributed by atoms with Crippen LogP contribution in [-0.2, 0) is 6.54 Å². The quantitative estimate of drug-likeness (QED) is 0.902. The molecule has 4 heteroatoms. The topological polar surface area (TPSA) is 52.0 Å². The minimum absolute atomic E-state index is 0.579. The fourth-order valence-electron chi connectivity index (χ4n) is 3.89. The van der Waals surface area contributed by atoms with E-state index < -0.39 is 0 Å². The largest absolute Gasteiger partial charge is 0.311 e. The van der Waals surface area contributed by atoms with Gasteiger partial charge in [0.1, 0.15) is 11.8 Å². The SMILES string of the molecule is CCCN(Cc1cccnc1C#N)C1CC2CCC(C1)N2. The molecule has 2 bridgehead atoms. The Morgan fingerprint density at radius 1 is 1.38 bits per heavy atom. The molecule has 0 aromatic carbocycles. The van der Waals surface area contributed by atoms with Crippen molar-refractivity contribution < 1.29 is 0 Å². The highest BCUT2D eigenvalue weighted by molar-refractivity contribution is 5.30. The monoisotopic (exact) mass is 284 g/mol. The van der Waals surface area contributed by atoms with Crippen molar-refractivity contribution in [1.82, 2.24) is 15.2 Å². The molecule has 2 fully saturated rings. The lowest BCUT2D eigenvalue weighted by atomic mass is 9.97. The Morgan fingerprint density at radius 3 is 2.81 bits per heavy atom. The van der Waals surface area contributed by atoms with E-state index in [1.807, 2.05) is 12.1 Å². The molecule has 0 aliphatic carbocycles. The molecule has 21 heavy (non-hydrogen) atoms. The third-order valence-electron chi connectivity index (χ3n) is 4.85. The first-order valence-electron chi connectivity index (χ1n) is 8.14. The summed E-state index contributed by atoms with van der Waals surface area (Å²) in [7, 11) is 0. The zero-order chi connectivity index (χ0) is 14.7. The van der Waals surface area contributed by atoms with Crippen molar-refractivity contribution in [3.8, 4) is 6.07 Å². The predicted molar refractivity (Wildman–Crippen MR) is 82.6 cm³/mol. The molecule has 2 aliphatic rings. The molecule has 0 saturated carbocycles. The first-order valence-corrected chi connectivity index (χ1v) is 8.14. The van der Waals surface area contributed by atoms with Gasteiger partial charge in [0.25, 0.3) is 0 Å². The van der Waals surface area contributed by atoms with Crippen molar-refractivity contribution in [2.45, 2.75) is 63.7 Å². The molecule has 2 aliphatic heterocycles. The molecule has 3 heterocycles. The average Bonchev–Trinajstić information content (AvgIpc) is 2.85. The molecule has 2 unspecified atom stereocenters. The Bertz CT molecular complexity index is 510. The summed E-state index contributed by atoms with van der Waals surface area (Å²) in [5, 5.41) is 12.9. The fraction of sp³-hybridized carbons (Fsp3) is 0.647. The van der Waals surface area contributed by atoms with Gasteiger partial charge in [-0.15, -0.1) is 0 Å². The number of pyridine rings is 1. The zero-order valence-corrected chi connectivity index (χ0v) is 12.8. The van der Waals surface area contributed by atoms with Crippen molar-refractivity contribution in [1.29, 1.82) is 5.26 Å². The van der Waals surface area contributed by atoms with E-state index in [-0.39, 0.29) is 0 Å². The molecule has 1 N–H and O–H groups in total. The number of piperidine rings is 1. The molecule has 3 rings (SSSR count). The van der Waals surface area contributed by atoms with E-state index >= 15 is 0 Å². The van der Waals surface area contributed by atoms with Gasteiger partial charge in [-0.05, 0) is 44.7 Å². The molecule has 1 aromatic rings. The number of hydrogen-bond donors (Lipinski definition) is 1. The Morgan fingerprint density at radius 2 is 2.14 bits per heavy atom. The lowest BCUT2D eigenvalue weighted by molar-refractivity contribution is 0.133. The average molecular weight is 284 g/mol. The Balaban J connectivity index is 1.74. The minimum Gasteiger partial charge on any atom is -0.311 e. The summed E-state index contributed by atoms with van der Waals surface area (Å²) in [6.45, 7) is 4.19. The van der Waals surface area contributed by atoms with Gasteiger partial charge in [-0.1, -0.05) is 13.0 Å². The van der Waals surface area contributed by atoms with E-state index in [1.165, 1.54) is 25.7 Å². The highest BCUT2D eigenvalue weighted by Crippen LogP contribution is 2.30. The molecule has 0 radical (unpaired) electrons. The Kier molecular flexibility index (Phi) is 4.52. The molecule has 4 nitrogen and oxygen atoms in total. The smallest absolute Gasteiger partial charge is 0.144 e. The molecule has 1 aromatic heterocycles. The van der Waals surface area contributed by atoms with Crippen LogP contribution in [-0.4, -0.2) is 34.6 Å². The number of nitrogens with zero attached hydrogens (tertiary/aromatic N) is 3. The van der Waals surface area contributed by atoms with Gasteiger partial charge in [0.05, 0.1) is 0 Å². The van der Waals surface area contributed by atoms with Crippen LogP contribution >= 0.6 is 0 Å². The van der Waals surface area contributed by atoms with Crippen molar-refractivity contribution in [3.05, 3.63) is 29.6 Å². The predicted octanol–water partition coefficient (Wildman–Crippen LogP) is 2.45. The summed E-state index contributed by atoms with van der Waals surface area (Å²) in [4.78, 5) is 6.77. The first kappa shape index (κ1) is 14.5. The van der Waals surface area contributed by atoms with E-state index in [1.54, 1.807) is 6.20 Å². The normalized spacial score (nSPS) is 27.8. The molecular weight excluding hydrogens is 260 g/mol. The van der Waals surface area contributed by atoms with Crippen molar-refractivity contribution in [2.75, 3.05) is 6.54 Å². The highest BCUT2D eigenvalue weighted by atomic mass is 15.2. The van der Waals surface area contributed by atoms with Crippen LogP contribution in [0.2, 0.25) is 0 Å². The maximum absolute atomic E-state index is 9.22. The van der Waals surface area contributed by atoms with E-state index in [4.69, 9.17) is 0 Å². The number of rotatable bonds is 5. The summed E-state index contributed by atoms with van der Waals surface area (Å²) in [5.74, 6) is 0. The standard InChI is InChI=1S/C17H24N4/c1-2-8-21(12-13-4-3-7-19-17(13)11-18)16-9-14-5-6-15(10-16)20-14/h3-4,7,14-16,20H,2,5-6,8-10,12H2,1H3. The number of aromatic nitrogens is 1. The second-order valence-corrected chi connectivity index (χ2v) is 6.36. The van der Waals surface area contributed by atoms with E-state index in [2.05, 4.69) is 28.2 Å². The summed E-state index contributed by atoms with van der Waals surface area (Å²) in [6.07, 6.45) is 8.02. The third-order valence-corrected chi connectivity index (χ3v) is 4.85. The van der Waals surface area contributed by atoms with E-state index in [0.29, 0.717) is 23.8 Å². The summed E-state index contributed by atoms with van der Waals surface area (Å²) in [6, 6.07) is 8.27. The van der Waals surface area contributed by atoms with Crippen LogP contribution in [0.3, 0.4) is 0 Å². The second kappa shape index (κ2) is 6.55. The molecule has 112 valence electrons. The van der Waals surface area contributed by atoms with E-state index in [0.717, 1.165) is 25.1 Å². The number of nitriles is 1. The number of nitrogens with one attached hydrogen (secondary N) is 1. The zero-order valence-electron chi connectivity index (χ0n) is 12.8. The van der Waals surface area contributed by atoms with Crippen molar-refractivity contribution >= 4 is 0 Å². The van der Waals surface area contributed by atoms with Crippen LogP contribution < -0.4 is 5.32 Å². The Labute approximate surface area is 127 Å². The van der Waals surface area contributed by atoms with Crippen LogP contribution in [0.5, 0.6) is 0 Å². The molecule has 0 spiro atoms. The Hall–Kier alpha value is -1.44. The molecular formula is C17H24N4. The van der Waals surface area contributed by atoms with Crippen LogP contribution in [0.1, 0.15) is 50.3 Å². The maximum Gasteiger partial charge on any atom is 0.144 e. The van der Waals surface area contributed by atoms with Gasteiger partial charge in [0, 0.05) is 36.4 Å². The second-order valence-electron chi connectivity index (χ2n) is 6.36. The maximum atomic E-state index is 9.22. The summed E-state index contributed by atoms with van der Waals surface area (Å²) < 4.78 is 0. The van der Waals surface area contributed by atoms with Gasteiger partial charge >= 0.3 is 0 Å². The van der Waals surface area contributed by atoms with Gasteiger partial charge in [0.2, 0.25) is 0 Å². The van der Waals surface area contributed by atoms with Gasteiger partial charge < -0.3 is 5.32 Å². The van der Waals surface area contributed by atoms with Gasteiger partial charge in [0.15, 0.2) is 0 Å². The van der Waals surface area contributed by atoms with Crippen LogP contribution in [0.25, 0.3) is 0 Å². The van der Waals surface area contributed by atoms with Gasteiger partial charge in [-0.25, -0.2) is 4.98 Å². The number of hydrogen-bond acceptors (Lipinski definition) is 4. The lowest BCUT2D eigenvalue weighted by Gasteiger charge is -2.38. The molecule has 2 atom stereocenters. The van der Waals surface area contributed by atoms with Crippen molar-refractivity contribution in [2.24, 2.45) is 0 Å². The third kappa shape index (κ3) is 3.25. The number of fused-ring (bicyclic) bond motifs is 2. The van der Waals surface area contributed by atoms with Crippen LogP contribution in [0.15, 0.2) is 18.3 Å². The van der Waals surface area contributed by atoms with Gasteiger partial charge in [-0.3, -0.25) is 4.90 Å². The highest BCUT2D eigenvalue weighted by Gasteiger charge is 2.35. The molecule has 0 amide bonds. The van der Waals surface area contributed by atoms with E-state index in [9.17, 15) is 5.26 Å². The molecule has 2 saturated heterocycles. The van der Waals surface area contributed by atoms with Crippen molar-refractivity contribution in [3.63, 3.8) is 0 Å². The first-order chi connectivity index (χ1) is 10.3. The lowest BCUT2D eigenvalue weighted by Crippen LogP contribution is -2.48.